The van der Waals surface area contributed by atoms with Gasteiger partial charge in [-0.25, -0.2) is 23.9 Å². The molecule has 9 heteroatoms. The summed E-state index contributed by atoms with van der Waals surface area (Å²) in [6, 6.07) is 10.9. The number of amides is 1. The van der Waals surface area contributed by atoms with Crippen LogP contribution in [0, 0.1) is 5.82 Å². The number of aromatic nitrogens is 4. The van der Waals surface area contributed by atoms with Crippen molar-refractivity contribution in [2.45, 2.75) is 20.0 Å². The van der Waals surface area contributed by atoms with Crippen molar-refractivity contribution in [1.82, 2.24) is 24.9 Å². The number of hydrogen-bond donors (Lipinski definition) is 1. The summed E-state index contributed by atoms with van der Waals surface area (Å²) in [5.41, 5.74) is 3.18. The highest BCUT2D eigenvalue weighted by atomic mass is 19.1. The molecule has 0 saturated carbocycles. The molecule has 4 aromatic rings. The van der Waals surface area contributed by atoms with Gasteiger partial charge >= 0.3 is 0 Å². The highest BCUT2D eigenvalue weighted by molar-refractivity contribution is 6.03. The predicted molar refractivity (Wildman–Crippen MR) is 117 cm³/mol. The minimum absolute atomic E-state index is 0.222. The zero-order chi connectivity index (χ0) is 22.2. The average Bonchev–Trinajstić information content (AvgIpc) is 3.21. The first kappa shape index (κ1) is 19.8. The molecule has 32 heavy (non-hydrogen) atoms. The smallest absolute Gasteiger partial charge is 0.256 e. The topological polar surface area (TPSA) is 93.8 Å². The monoisotopic (exact) mass is 430 g/mol. The van der Waals surface area contributed by atoms with Gasteiger partial charge in [-0.15, -0.1) is 0 Å². The molecule has 3 aromatic heterocycles. The van der Waals surface area contributed by atoms with E-state index < -0.39 is 11.9 Å². The molecule has 2 bridgehead atoms. The third-order valence-electron chi connectivity index (χ3n) is 5.15. The molecule has 0 radical (unpaired) electrons. The molecule has 0 unspecified atom stereocenters. The normalized spacial score (nSPS) is 16.3. The third kappa shape index (κ3) is 3.58. The number of carbonyl (C=O) groups excluding carboxylic acids is 1. The molecule has 160 valence electrons. The second kappa shape index (κ2) is 7.84. The van der Waals surface area contributed by atoms with Crippen LogP contribution in [0.25, 0.3) is 16.8 Å². The Hall–Kier alpha value is -4.14. The highest BCUT2D eigenvalue weighted by Crippen LogP contribution is 2.31. The van der Waals surface area contributed by atoms with Gasteiger partial charge in [-0.2, -0.15) is 5.10 Å². The van der Waals surface area contributed by atoms with Gasteiger partial charge in [0.15, 0.2) is 11.5 Å². The molecule has 1 amide bonds. The number of benzene rings is 1. The summed E-state index contributed by atoms with van der Waals surface area (Å²) >= 11 is 0. The van der Waals surface area contributed by atoms with Gasteiger partial charge in [0.25, 0.3) is 5.91 Å². The molecular formula is C23H19FN6O2. The summed E-state index contributed by atoms with van der Waals surface area (Å²) in [6.07, 6.45) is 3.94. The zero-order valence-electron chi connectivity index (χ0n) is 17.4. The number of nitrogens with one attached hydrogen (secondary N) is 1. The van der Waals surface area contributed by atoms with Crippen LogP contribution in [-0.4, -0.2) is 43.8 Å². The second-order valence-corrected chi connectivity index (χ2v) is 7.51. The maximum Gasteiger partial charge on any atom is 0.256 e. The molecule has 1 aromatic carbocycles. The SMILES string of the molecule is CC1=Nc2nc3c(cnn3cc2-c2ccccc2)C(=O)NC[C@H](C)Oc2ncc(F)cc21. The van der Waals surface area contributed by atoms with Crippen molar-refractivity contribution in [3.05, 3.63) is 71.9 Å². The van der Waals surface area contributed by atoms with E-state index in [0.29, 0.717) is 33.9 Å². The van der Waals surface area contributed by atoms with Crippen LogP contribution in [0.15, 0.2) is 60.0 Å². The molecule has 4 heterocycles. The number of rotatable bonds is 1. The second-order valence-electron chi connectivity index (χ2n) is 7.51. The van der Waals surface area contributed by atoms with Crippen LogP contribution in [0.3, 0.4) is 0 Å². The van der Waals surface area contributed by atoms with Gasteiger partial charge in [0.2, 0.25) is 5.88 Å². The Labute approximate surface area is 182 Å². The molecule has 0 aliphatic carbocycles. The van der Waals surface area contributed by atoms with Crippen molar-refractivity contribution in [3.63, 3.8) is 0 Å². The van der Waals surface area contributed by atoms with E-state index in [1.807, 2.05) is 30.3 Å². The van der Waals surface area contributed by atoms with E-state index >= 15 is 0 Å². The number of ether oxygens (including phenoxy) is 1. The Morgan fingerprint density at radius 1 is 1.16 bits per heavy atom. The van der Waals surface area contributed by atoms with Gasteiger partial charge in [0.05, 0.1) is 30.2 Å². The van der Waals surface area contributed by atoms with E-state index in [1.165, 1.54) is 12.3 Å². The maximum atomic E-state index is 14.0. The van der Waals surface area contributed by atoms with E-state index in [1.54, 1.807) is 24.6 Å². The van der Waals surface area contributed by atoms with E-state index in [9.17, 15) is 9.18 Å². The fourth-order valence-electron chi connectivity index (χ4n) is 3.53. The summed E-state index contributed by atoms with van der Waals surface area (Å²) in [4.78, 5) is 26.3. The Bertz CT molecular complexity index is 1370. The van der Waals surface area contributed by atoms with E-state index in [4.69, 9.17) is 9.73 Å². The Morgan fingerprint density at radius 3 is 2.78 bits per heavy atom. The molecule has 0 spiro atoms. The van der Waals surface area contributed by atoms with Gasteiger partial charge in [-0.3, -0.25) is 4.79 Å². The molecule has 0 saturated heterocycles. The molecule has 5 rings (SSSR count). The Balaban J connectivity index is 1.79. The number of aliphatic imine (C=N–C) groups is 1. The Kier molecular flexibility index (Phi) is 4.85. The highest BCUT2D eigenvalue weighted by Gasteiger charge is 2.21. The van der Waals surface area contributed by atoms with E-state index in [0.717, 1.165) is 11.8 Å². The first-order valence-corrected chi connectivity index (χ1v) is 10.1. The fourth-order valence-corrected chi connectivity index (χ4v) is 3.53. The van der Waals surface area contributed by atoms with Crippen LogP contribution < -0.4 is 10.1 Å². The quantitative estimate of drug-likeness (QED) is 0.498. The van der Waals surface area contributed by atoms with Gasteiger partial charge in [0.1, 0.15) is 17.5 Å². The molecular weight excluding hydrogens is 411 g/mol. The molecule has 8 nitrogen and oxygen atoms in total. The first-order chi connectivity index (χ1) is 15.5. The van der Waals surface area contributed by atoms with Crippen LogP contribution in [-0.2, 0) is 0 Å². The maximum absolute atomic E-state index is 14.0. The fraction of sp³-hybridized carbons (Fsp3) is 0.174. The average molecular weight is 430 g/mol. The molecule has 1 N–H and O–H groups in total. The lowest BCUT2D eigenvalue weighted by Gasteiger charge is -2.16. The first-order valence-electron chi connectivity index (χ1n) is 10.1. The lowest BCUT2D eigenvalue weighted by atomic mass is 10.1. The molecule has 1 aliphatic heterocycles. The minimum atomic E-state index is -0.503. The number of hydrogen-bond acceptors (Lipinski definition) is 6. The van der Waals surface area contributed by atoms with Crippen molar-refractivity contribution in [2.24, 2.45) is 4.99 Å². The summed E-state index contributed by atoms with van der Waals surface area (Å²) < 4.78 is 21.5. The standard InChI is InChI=1S/C23H19FN6O2/c1-13-9-25-22(31)18-11-27-30-12-19(15-6-4-3-5-7-15)20(29-21(18)30)28-14(2)17-8-16(24)10-26-23(17)32-13/h3-8,10-13H,9H2,1-2H3,(H,25,31)/t13-/m0/s1. The van der Waals surface area contributed by atoms with Crippen molar-refractivity contribution < 1.29 is 13.9 Å². The van der Waals surface area contributed by atoms with Crippen molar-refractivity contribution >= 4 is 23.1 Å². The van der Waals surface area contributed by atoms with Crippen LogP contribution in [0.1, 0.15) is 29.8 Å². The van der Waals surface area contributed by atoms with Crippen LogP contribution in [0.4, 0.5) is 10.2 Å². The Morgan fingerprint density at radius 2 is 1.97 bits per heavy atom. The lowest BCUT2D eigenvalue weighted by molar-refractivity contribution is 0.0932. The van der Waals surface area contributed by atoms with Crippen molar-refractivity contribution in [1.29, 1.82) is 0 Å². The zero-order valence-corrected chi connectivity index (χ0v) is 17.4. The number of fused-ring (bicyclic) bond motifs is 2. The summed E-state index contributed by atoms with van der Waals surface area (Å²) in [5.74, 6) is -0.220. The third-order valence-corrected chi connectivity index (χ3v) is 5.15. The summed E-state index contributed by atoms with van der Waals surface area (Å²) in [5, 5.41) is 7.14. The van der Waals surface area contributed by atoms with Crippen LogP contribution >= 0.6 is 0 Å². The van der Waals surface area contributed by atoms with Gasteiger partial charge < -0.3 is 10.1 Å². The van der Waals surface area contributed by atoms with Gasteiger partial charge in [-0.1, -0.05) is 30.3 Å². The van der Waals surface area contributed by atoms with E-state index in [-0.39, 0.29) is 18.3 Å². The largest absolute Gasteiger partial charge is 0.472 e. The number of carbonyl (C=O) groups is 1. The number of halogens is 1. The van der Waals surface area contributed by atoms with Gasteiger partial charge in [0, 0.05) is 11.8 Å². The van der Waals surface area contributed by atoms with Crippen molar-refractivity contribution in [3.8, 4) is 17.0 Å². The molecule has 0 fully saturated rings. The van der Waals surface area contributed by atoms with Crippen LogP contribution in [0.5, 0.6) is 5.88 Å². The minimum Gasteiger partial charge on any atom is -0.472 e. The molecule has 1 aliphatic rings. The summed E-state index contributed by atoms with van der Waals surface area (Å²) in [6.45, 7) is 3.76. The van der Waals surface area contributed by atoms with Crippen LogP contribution in [0.2, 0.25) is 0 Å². The van der Waals surface area contributed by atoms with E-state index in [2.05, 4.69) is 20.4 Å². The predicted octanol–water partition coefficient (Wildman–Crippen LogP) is 3.58. The van der Waals surface area contributed by atoms with Gasteiger partial charge in [-0.05, 0) is 25.5 Å². The lowest BCUT2D eigenvalue weighted by Crippen LogP contribution is -2.34. The summed E-state index contributed by atoms with van der Waals surface area (Å²) in [7, 11) is 0. The van der Waals surface area contributed by atoms with Crippen molar-refractivity contribution in [2.75, 3.05) is 6.54 Å². The number of pyridine rings is 1. The number of nitrogens with zero attached hydrogens (tertiary/aromatic N) is 5. The molecule has 1 atom stereocenters.